The maximum atomic E-state index is 15.5. The summed E-state index contributed by atoms with van der Waals surface area (Å²) in [4.78, 5) is 28.4. The molecule has 10 rings (SSSR count). The highest BCUT2D eigenvalue weighted by Gasteiger charge is 2.64. The third kappa shape index (κ3) is 19.0. The number of hydrogen-bond donors (Lipinski definition) is 1. The van der Waals surface area contributed by atoms with Crippen LogP contribution < -0.4 is 15.1 Å². The first-order valence-electron chi connectivity index (χ1n) is 33.8. The molecule has 0 aliphatic carbocycles. The van der Waals surface area contributed by atoms with E-state index in [2.05, 4.69) is 51.6 Å². The molecule has 19 nitrogen and oxygen atoms in total. The van der Waals surface area contributed by atoms with E-state index in [9.17, 15) is 4.79 Å². The summed E-state index contributed by atoms with van der Waals surface area (Å²) in [6, 6.07) is 65.6. The SMILES string of the molecule is C=CC1(C(=O)OC)O[C@@H](O[C@@H]2C(CO[Si](c3ccccc3)(c3ccccc3)C(C)(C)C)OC(OC(=N)C(Cl)(Cl)Cl)C(C)[C@@H]2OCc2ccc(OC)cc2)C(OCc2ccccc2)[C@@H](OC)[C@@H]1O[C@@H]1OC(COC(C)=O)[C@@H](OCc2ccccc2)[C@@H](OCc2ccccc2)C1OCc1ccccc1. The molecule has 0 radical (unpaired) electrons. The van der Waals surface area contributed by atoms with E-state index in [1.807, 2.05) is 182 Å². The quantitative estimate of drug-likeness (QED) is 0.0107. The molecule has 0 spiro atoms. The minimum absolute atomic E-state index is 0.00778. The van der Waals surface area contributed by atoms with Gasteiger partial charge in [0, 0.05) is 20.0 Å². The zero-order valence-corrected chi connectivity index (χ0v) is 61.7. The van der Waals surface area contributed by atoms with Crippen molar-refractivity contribution in [3.63, 3.8) is 0 Å². The second-order valence-electron chi connectivity index (χ2n) is 26.2. The maximum absolute atomic E-state index is 15.5. The Morgan fingerprint density at radius 1 is 0.529 bits per heavy atom. The van der Waals surface area contributed by atoms with Crippen molar-refractivity contribution >= 4 is 71.3 Å². The van der Waals surface area contributed by atoms with Gasteiger partial charge in [0.2, 0.25) is 17.8 Å². The normalized spacial score (nSPS) is 26.1. The van der Waals surface area contributed by atoms with Crippen molar-refractivity contribution in [2.24, 2.45) is 5.92 Å². The molecular formula is C79H90Cl3NO18Si. The molecular weight excluding hydrogens is 1390 g/mol. The van der Waals surface area contributed by atoms with E-state index in [-0.39, 0.29) is 46.2 Å². The summed E-state index contributed by atoms with van der Waals surface area (Å²) in [6.45, 7) is 13.4. The van der Waals surface area contributed by atoms with Crippen LogP contribution in [-0.4, -0.2) is 150 Å². The molecule has 23 heteroatoms. The van der Waals surface area contributed by atoms with E-state index in [1.165, 1.54) is 27.2 Å². The number of rotatable bonds is 31. The highest BCUT2D eigenvalue weighted by atomic mass is 35.6. The largest absolute Gasteiger partial charge is 0.497 e. The number of benzene rings is 7. The molecule has 3 fully saturated rings. The molecule has 102 heavy (non-hydrogen) atoms. The number of methoxy groups -OCH3 is 3. The summed E-state index contributed by atoms with van der Waals surface area (Å²) in [6.07, 6.45) is -15.6. The van der Waals surface area contributed by atoms with E-state index in [4.69, 9.17) is 116 Å². The number of esters is 2. The molecule has 544 valence electrons. The third-order valence-electron chi connectivity index (χ3n) is 18.4. The van der Waals surface area contributed by atoms with Crippen LogP contribution in [0.3, 0.4) is 0 Å². The monoisotopic (exact) mass is 1470 g/mol. The minimum Gasteiger partial charge on any atom is -0.497 e. The summed E-state index contributed by atoms with van der Waals surface area (Å²) >= 11 is 19.2. The summed E-state index contributed by atoms with van der Waals surface area (Å²) in [7, 11) is 0.783. The van der Waals surface area contributed by atoms with Crippen LogP contribution in [0, 0.1) is 11.3 Å². The first-order chi connectivity index (χ1) is 49.2. The van der Waals surface area contributed by atoms with Crippen LogP contribution in [0.15, 0.2) is 219 Å². The predicted octanol–water partition coefficient (Wildman–Crippen LogP) is 12.8. The summed E-state index contributed by atoms with van der Waals surface area (Å²) < 4.78 is 107. The molecule has 1 N–H and O–H groups in total. The van der Waals surface area contributed by atoms with Crippen LogP contribution >= 0.6 is 34.8 Å². The lowest BCUT2D eigenvalue weighted by Crippen LogP contribution is -2.72. The van der Waals surface area contributed by atoms with Crippen molar-refractivity contribution < 1.29 is 85.1 Å². The standard InChI is InChI=1S/C79H90Cl3NO18Si/c1-10-78(76(85)88-9)71(99-73-69(93-47-56-33-21-13-22-34-56)67(92-46-55-31-19-12-20-32-55)65(62(97-73)50-89-53(3)84)91-45-54-29-17-11-18-30-54)68(87-8)70(94-48-57-35-23-14-24-36-57)74(101-78)98-66-63(51-95-102(77(4,5)6,60-37-25-15-26-38-60)61-39-27-16-28-40-61)96-72(100-75(83)79(80,81)82)52(2)64(66)90-49-58-41-43-59(86-7)44-42-58/h10-44,52,62-74,83H,1,45-51H2,2-9H3/t52?,62?,63?,64-,65+,66+,67+,68+,69?,70?,71-,72?,73-,74+,78?/m0/s1. The third-order valence-corrected chi connectivity index (χ3v) is 23.9. The Bertz CT molecular complexity index is 3700. The van der Waals surface area contributed by atoms with Gasteiger partial charge in [-0.05, 0) is 61.4 Å². The van der Waals surface area contributed by atoms with Gasteiger partial charge < -0.3 is 75.5 Å². The zero-order valence-electron chi connectivity index (χ0n) is 58.4. The van der Waals surface area contributed by atoms with Crippen molar-refractivity contribution in [2.45, 2.75) is 162 Å². The van der Waals surface area contributed by atoms with Gasteiger partial charge in [0.05, 0.1) is 60.0 Å². The fourth-order valence-corrected chi connectivity index (χ4v) is 17.9. The van der Waals surface area contributed by atoms with Gasteiger partial charge in [-0.2, -0.15) is 0 Å². The molecule has 0 bridgehead atoms. The molecule has 7 unspecified atom stereocenters. The number of halogens is 3. The molecule has 0 aromatic heterocycles. The van der Waals surface area contributed by atoms with E-state index < -0.39 is 126 Å². The predicted molar refractivity (Wildman–Crippen MR) is 388 cm³/mol. The van der Waals surface area contributed by atoms with Crippen molar-refractivity contribution in [2.75, 3.05) is 34.5 Å². The van der Waals surface area contributed by atoms with Crippen molar-refractivity contribution in [3.05, 3.63) is 247 Å². The second-order valence-corrected chi connectivity index (χ2v) is 32.8. The zero-order chi connectivity index (χ0) is 72.4. The van der Waals surface area contributed by atoms with Crippen LogP contribution in [0.1, 0.15) is 62.4 Å². The van der Waals surface area contributed by atoms with Gasteiger partial charge >= 0.3 is 11.9 Å². The lowest BCUT2D eigenvalue weighted by molar-refractivity contribution is -0.393. The number of alkyl halides is 3. The van der Waals surface area contributed by atoms with E-state index in [1.54, 1.807) is 14.0 Å². The van der Waals surface area contributed by atoms with Crippen molar-refractivity contribution in [1.82, 2.24) is 0 Å². The molecule has 15 atom stereocenters. The van der Waals surface area contributed by atoms with Gasteiger partial charge in [0.1, 0.15) is 67.3 Å². The fourth-order valence-electron chi connectivity index (χ4n) is 13.2. The molecule has 3 aliphatic heterocycles. The average molecular weight is 1480 g/mol. The fraction of sp³-hybridized carbons (Fsp3) is 0.405. The molecule has 7 aromatic carbocycles. The Morgan fingerprint density at radius 2 is 0.951 bits per heavy atom. The van der Waals surface area contributed by atoms with Crippen LogP contribution in [0.5, 0.6) is 5.75 Å². The summed E-state index contributed by atoms with van der Waals surface area (Å²) in [5.41, 5.74) is 1.58. The highest BCUT2D eigenvalue weighted by molar-refractivity contribution is 6.99. The van der Waals surface area contributed by atoms with E-state index in [0.29, 0.717) is 5.75 Å². The molecule has 0 saturated carbocycles. The van der Waals surface area contributed by atoms with E-state index in [0.717, 1.165) is 38.2 Å². The summed E-state index contributed by atoms with van der Waals surface area (Å²) in [5, 5.41) is 10.3. The topological polar surface area (TPSA) is 206 Å². The molecule has 3 aliphatic rings. The van der Waals surface area contributed by atoms with Gasteiger partial charge in [-0.15, -0.1) is 0 Å². The Labute approximate surface area is 613 Å². The highest BCUT2D eigenvalue weighted by Crippen LogP contribution is 2.45. The van der Waals surface area contributed by atoms with Crippen LogP contribution in [-0.2, 0) is 113 Å². The van der Waals surface area contributed by atoms with Crippen LogP contribution in [0.2, 0.25) is 5.04 Å². The Balaban J connectivity index is 1.12. The first-order valence-corrected chi connectivity index (χ1v) is 36.9. The van der Waals surface area contributed by atoms with E-state index >= 15 is 4.79 Å². The lowest BCUT2D eigenvalue weighted by Gasteiger charge is -2.54. The number of hydrogen-bond acceptors (Lipinski definition) is 19. The number of carbonyl (C=O) groups is 2. The van der Waals surface area contributed by atoms with Crippen molar-refractivity contribution in [3.8, 4) is 5.75 Å². The smallest absolute Gasteiger partial charge is 0.345 e. The molecule has 3 saturated heterocycles. The second kappa shape index (κ2) is 36.2. The molecule has 0 amide bonds. The van der Waals surface area contributed by atoms with Gasteiger partial charge in [-0.3, -0.25) is 10.2 Å². The minimum atomic E-state index is -3.44. The van der Waals surface area contributed by atoms with Gasteiger partial charge in [0.15, 0.2) is 12.6 Å². The van der Waals surface area contributed by atoms with Gasteiger partial charge in [0.25, 0.3) is 12.1 Å². The lowest BCUT2D eigenvalue weighted by atomic mass is 9.85. The van der Waals surface area contributed by atoms with Crippen LogP contribution in [0.4, 0.5) is 0 Å². The number of ether oxygens (including phenoxy) is 15. The summed E-state index contributed by atoms with van der Waals surface area (Å²) in [5.74, 6) is -2.52. The number of carbonyl (C=O) groups excluding carboxylic acids is 2. The molecule has 7 aromatic rings. The van der Waals surface area contributed by atoms with Gasteiger partial charge in [-0.25, -0.2) is 4.79 Å². The average Bonchev–Trinajstić information content (AvgIpc) is 0.822. The van der Waals surface area contributed by atoms with Gasteiger partial charge in [-0.1, -0.05) is 263 Å². The Kier molecular flexibility index (Phi) is 27.6. The maximum Gasteiger partial charge on any atom is 0.345 e. The molecule has 3 heterocycles. The van der Waals surface area contributed by atoms with Crippen LogP contribution in [0.25, 0.3) is 0 Å². The van der Waals surface area contributed by atoms with Crippen molar-refractivity contribution in [1.29, 1.82) is 5.41 Å². The Hall–Kier alpha value is -6.90. The first kappa shape index (κ1) is 77.7. The Morgan fingerprint density at radius 3 is 1.38 bits per heavy atom. The number of nitrogens with one attached hydrogen (secondary N) is 1.